The summed E-state index contributed by atoms with van der Waals surface area (Å²) in [6, 6.07) is 19.4. The number of rotatable bonds is 13. The van der Waals surface area contributed by atoms with Crippen LogP contribution in [0.3, 0.4) is 0 Å². The number of esters is 1. The van der Waals surface area contributed by atoms with Gasteiger partial charge >= 0.3 is 12.1 Å². The van der Waals surface area contributed by atoms with Crippen molar-refractivity contribution in [1.82, 2.24) is 25.9 Å². The van der Waals surface area contributed by atoms with E-state index in [9.17, 15) is 19.2 Å². The van der Waals surface area contributed by atoms with E-state index < -0.39 is 42.0 Å². The number of benzene rings is 3. The summed E-state index contributed by atoms with van der Waals surface area (Å²) in [5.74, 6) is -2.13. The molecule has 0 saturated heterocycles. The quantitative estimate of drug-likeness (QED) is 0.104. The van der Waals surface area contributed by atoms with Gasteiger partial charge in [-0.05, 0) is 50.7 Å². The van der Waals surface area contributed by atoms with Gasteiger partial charge in [0, 0.05) is 46.0 Å². The van der Waals surface area contributed by atoms with Crippen LogP contribution in [0.15, 0.2) is 89.7 Å². The number of hydrogen-bond donors (Lipinski definition) is 5. The molecule has 3 aromatic carbocycles. The monoisotopic (exact) mass is 715 g/mol. The van der Waals surface area contributed by atoms with Crippen LogP contribution in [0.4, 0.5) is 4.79 Å². The SMILES string of the molecule is COC(=O)[C@H](Cc1c[nH]c2ccccc12)NC(=O)[C@@H](Cc1c[nH]c2c(Br)cccc12)NC(=O)[C@@H](NC(=O)OCc1ccccc1)C(C)C. The minimum absolute atomic E-state index is 0.0333. The molecule has 0 aliphatic carbocycles. The summed E-state index contributed by atoms with van der Waals surface area (Å²) in [6.45, 7) is 3.59. The van der Waals surface area contributed by atoms with Crippen LogP contribution in [0.25, 0.3) is 21.8 Å². The fourth-order valence-corrected chi connectivity index (χ4v) is 6.07. The maximum atomic E-state index is 14.0. The number of carbonyl (C=O) groups is 4. The zero-order valence-corrected chi connectivity index (χ0v) is 28.4. The van der Waals surface area contributed by atoms with Crippen molar-refractivity contribution in [3.63, 3.8) is 0 Å². The average Bonchev–Trinajstić information content (AvgIpc) is 3.70. The smallest absolute Gasteiger partial charge is 0.408 e. The van der Waals surface area contributed by atoms with Crippen molar-refractivity contribution in [3.05, 3.63) is 106 Å². The van der Waals surface area contributed by atoms with Crippen molar-refractivity contribution < 1.29 is 28.7 Å². The maximum Gasteiger partial charge on any atom is 0.408 e. The van der Waals surface area contributed by atoms with E-state index in [0.717, 1.165) is 43.0 Å². The van der Waals surface area contributed by atoms with Gasteiger partial charge in [-0.1, -0.05) is 74.5 Å². The second kappa shape index (κ2) is 15.7. The first kappa shape index (κ1) is 34.2. The Morgan fingerprint density at radius 2 is 1.40 bits per heavy atom. The number of hydrogen-bond acceptors (Lipinski definition) is 6. The lowest BCUT2D eigenvalue weighted by molar-refractivity contribution is -0.145. The van der Waals surface area contributed by atoms with Crippen molar-refractivity contribution in [2.45, 2.75) is 51.4 Å². The second-order valence-corrected chi connectivity index (χ2v) is 12.7. The Bertz CT molecular complexity index is 1900. The molecule has 48 heavy (non-hydrogen) atoms. The molecule has 11 nitrogen and oxygen atoms in total. The van der Waals surface area contributed by atoms with Crippen LogP contribution in [-0.2, 0) is 43.3 Å². The Morgan fingerprint density at radius 3 is 2.15 bits per heavy atom. The first-order valence-electron chi connectivity index (χ1n) is 15.6. The number of alkyl carbamates (subject to hydrolysis) is 1. The summed E-state index contributed by atoms with van der Waals surface area (Å²) in [6.07, 6.45) is 3.07. The molecule has 0 radical (unpaired) electrons. The Labute approximate surface area is 286 Å². The van der Waals surface area contributed by atoms with E-state index >= 15 is 0 Å². The second-order valence-electron chi connectivity index (χ2n) is 11.8. The third kappa shape index (κ3) is 8.24. The average molecular weight is 717 g/mol. The van der Waals surface area contributed by atoms with Gasteiger partial charge in [-0.2, -0.15) is 0 Å². The molecule has 12 heteroatoms. The molecular formula is C36H38BrN5O6. The summed E-state index contributed by atoms with van der Waals surface area (Å²) < 4.78 is 11.3. The molecule has 5 aromatic rings. The largest absolute Gasteiger partial charge is 0.467 e. The van der Waals surface area contributed by atoms with Crippen molar-refractivity contribution >= 4 is 61.6 Å². The van der Waals surface area contributed by atoms with Crippen LogP contribution in [0.2, 0.25) is 0 Å². The van der Waals surface area contributed by atoms with Crippen LogP contribution in [0.5, 0.6) is 0 Å². The number of H-pyrrole nitrogens is 2. The van der Waals surface area contributed by atoms with Crippen molar-refractivity contribution in [2.75, 3.05) is 7.11 Å². The third-order valence-corrected chi connectivity index (χ3v) is 8.80. The van der Waals surface area contributed by atoms with E-state index in [1.54, 1.807) is 26.2 Å². The van der Waals surface area contributed by atoms with Crippen LogP contribution >= 0.6 is 15.9 Å². The van der Waals surface area contributed by atoms with Gasteiger partial charge in [0.2, 0.25) is 11.8 Å². The number of aromatic amines is 2. The van der Waals surface area contributed by atoms with Gasteiger partial charge in [-0.25, -0.2) is 9.59 Å². The van der Waals surface area contributed by atoms with Crippen LogP contribution in [-0.4, -0.2) is 59.1 Å². The van der Waals surface area contributed by atoms with Crippen LogP contribution in [0.1, 0.15) is 30.5 Å². The fourth-order valence-electron chi connectivity index (χ4n) is 5.59. The highest BCUT2D eigenvalue weighted by atomic mass is 79.9. The number of nitrogens with one attached hydrogen (secondary N) is 5. The molecule has 2 aromatic heterocycles. The summed E-state index contributed by atoms with van der Waals surface area (Å²) in [7, 11) is 1.26. The zero-order valence-electron chi connectivity index (χ0n) is 26.8. The lowest BCUT2D eigenvalue weighted by Crippen LogP contribution is -2.57. The molecule has 0 bridgehead atoms. The zero-order chi connectivity index (χ0) is 34.2. The van der Waals surface area contributed by atoms with Gasteiger partial charge in [0.05, 0.1) is 12.6 Å². The molecular weight excluding hydrogens is 678 g/mol. The highest BCUT2D eigenvalue weighted by molar-refractivity contribution is 9.10. The topological polar surface area (TPSA) is 154 Å². The number of aromatic nitrogens is 2. The van der Waals surface area contributed by atoms with Crippen molar-refractivity contribution in [1.29, 1.82) is 0 Å². The molecule has 0 spiro atoms. The minimum atomic E-state index is -1.12. The molecule has 0 fully saturated rings. The number of carbonyl (C=O) groups excluding carboxylic acids is 4. The van der Waals surface area contributed by atoms with Gasteiger partial charge < -0.3 is 35.4 Å². The van der Waals surface area contributed by atoms with E-state index in [1.807, 2.05) is 72.8 Å². The number of fused-ring (bicyclic) bond motifs is 2. The summed E-state index contributed by atoms with van der Waals surface area (Å²) >= 11 is 3.55. The van der Waals surface area contributed by atoms with Gasteiger partial charge in [0.15, 0.2) is 0 Å². The van der Waals surface area contributed by atoms with E-state index in [4.69, 9.17) is 9.47 Å². The minimum Gasteiger partial charge on any atom is -0.467 e. The number of para-hydroxylation sites is 2. The van der Waals surface area contributed by atoms with Gasteiger partial charge in [-0.15, -0.1) is 0 Å². The summed E-state index contributed by atoms with van der Waals surface area (Å²) in [5, 5.41) is 10.1. The molecule has 5 rings (SSSR count). The predicted molar refractivity (Wildman–Crippen MR) is 186 cm³/mol. The molecule has 0 saturated carbocycles. The Balaban J connectivity index is 1.37. The maximum absolute atomic E-state index is 14.0. The summed E-state index contributed by atoms with van der Waals surface area (Å²) in [5.41, 5.74) is 4.13. The lowest BCUT2D eigenvalue weighted by Gasteiger charge is -2.26. The normalized spacial score (nSPS) is 13.1. The highest BCUT2D eigenvalue weighted by Gasteiger charge is 2.32. The molecule has 0 unspecified atom stereocenters. The summed E-state index contributed by atoms with van der Waals surface area (Å²) in [4.78, 5) is 59.9. The molecule has 5 N–H and O–H groups in total. The number of amides is 3. The molecule has 3 amide bonds. The molecule has 2 heterocycles. The lowest BCUT2D eigenvalue weighted by atomic mass is 10.00. The number of halogens is 1. The first-order chi connectivity index (χ1) is 23.1. The Morgan fingerprint density at radius 1 is 0.750 bits per heavy atom. The Hall–Kier alpha value is -5.10. The molecule has 0 aliphatic heterocycles. The number of methoxy groups -OCH3 is 1. The van der Waals surface area contributed by atoms with Crippen LogP contribution in [0, 0.1) is 5.92 Å². The number of ether oxygens (including phenoxy) is 2. The Kier molecular flexibility index (Phi) is 11.2. The van der Waals surface area contributed by atoms with Crippen molar-refractivity contribution in [3.8, 4) is 0 Å². The van der Waals surface area contributed by atoms with Gasteiger partial charge in [0.1, 0.15) is 24.7 Å². The van der Waals surface area contributed by atoms with E-state index in [0.29, 0.717) is 0 Å². The predicted octanol–water partition coefficient (Wildman–Crippen LogP) is 5.29. The molecule has 0 aliphatic rings. The van der Waals surface area contributed by atoms with Gasteiger partial charge in [-0.3, -0.25) is 9.59 Å². The van der Waals surface area contributed by atoms with E-state index in [-0.39, 0.29) is 25.4 Å². The third-order valence-electron chi connectivity index (χ3n) is 8.14. The standard InChI is InChI=1S/C36H38BrN5O6/c1-21(2)31(42-36(46)48-20-22-10-5-4-6-11-22)34(44)40-29(16-24-19-39-32-26(24)13-9-14-27(32)37)33(43)41-30(35(45)47-3)17-23-18-38-28-15-8-7-12-25(23)28/h4-15,18-19,21,29-31,38-39H,16-17,20H2,1-3H3,(H,40,44)(H,41,43)(H,42,46)/t29-,30+,31+/m1/s1. The van der Waals surface area contributed by atoms with Crippen molar-refractivity contribution in [2.24, 2.45) is 5.92 Å². The van der Waals surface area contributed by atoms with E-state index in [1.165, 1.54) is 7.11 Å². The first-order valence-corrected chi connectivity index (χ1v) is 16.4. The van der Waals surface area contributed by atoms with Crippen LogP contribution < -0.4 is 16.0 Å². The highest BCUT2D eigenvalue weighted by Crippen LogP contribution is 2.27. The molecule has 3 atom stereocenters. The van der Waals surface area contributed by atoms with Gasteiger partial charge in [0.25, 0.3) is 0 Å². The fraction of sp³-hybridized carbons (Fsp3) is 0.278. The van der Waals surface area contributed by atoms with E-state index in [2.05, 4.69) is 41.8 Å². The molecule has 250 valence electrons.